The summed E-state index contributed by atoms with van der Waals surface area (Å²) in [5.74, 6) is 0.868. The highest BCUT2D eigenvalue weighted by molar-refractivity contribution is 7.17. The van der Waals surface area contributed by atoms with Crippen LogP contribution >= 0.6 is 11.3 Å². The number of benzene rings is 2. The summed E-state index contributed by atoms with van der Waals surface area (Å²) in [6.07, 6.45) is -0.934. The molecule has 1 unspecified atom stereocenters. The number of hydrogen-bond acceptors (Lipinski definition) is 6. The van der Waals surface area contributed by atoms with Gasteiger partial charge < -0.3 is 19.9 Å². The van der Waals surface area contributed by atoms with Crippen LogP contribution in [0.1, 0.15) is 27.0 Å². The molecule has 0 radical (unpaired) electrons. The van der Waals surface area contributed by atoms with Gasteiger partial charge in [-0.05, 0) is 25.1 Å². The SMILES string of the molecule is COc1ccc(OC)c(C(O)CNC(=O)c2sc(-c3ccccc3)nc2C)c1. The van der Waals surface area contributed by atoms with Gasteiger partial charge in [0.25, 0.3) is 5.91 Å². The molecule has 0 saturated carbocycles. The van der Waals surface area contributed by atoms with Crippen molar-refractivity contribution in [2.24, 2.45) is 0 Å². The highest BCUT2D eigenvalue weighted by Crippen LogP contribution is 2.30. The van der Waals surface area contributed by atoms with Crippen molar-refractivity contribution in [1.29, 1.82) is 0 Å². The molecule has 146 valence electrons. The smallest absolute Gasteiger partial charge is 0.263 e. The third-order valence-corrected chi connectivity index (χ3v) is 5.48. The number of carbonyl (C=O) groups is 1. The molecule has 1 amide bonds. The molecule has 1 heterocycles. The minimum absolute atomic E-state index is 0.0420. The first-order chi connectivity index (χ1) is 13.5. The fraction of sp³-hybridized carbons (Fsp3) is 0.238. The van der Waals surface area contributed by atoms with Crippen molar-refractivity contribution in [3.63, 3.8) is 0 Å². The number of aryl methyl sites for hydroxylation is 1. The lowest BCUT2D eigenvalue weighted by atomic mass is 10.1. The Morgan fingerprint density at radius 1 is 1.18 bits per heavy atom. The number of carbonyl (C=O) groups excluding carboxylic acids is 1. The Kier molecular flexibility index (Phi) is 6.28. The zero-order chi connectivity index (χ0) is 20.1. The van der Waals surface area contributed by atoms with Crippen molar-refractivity contribution in [2.45, 2.75) is 13.0 Å². The molecular weight excluding hydrogens is 376 g/mol. The van der Waals surface area contributed by atoms with Crippen LogP contribution in [0.3, 0.4) is 0 Å². The predicted octanol–water partition coefficient (Wildman–Crippen LogP) is 3.60. The number of aliphatic hydroxyl groups is 1. The third-order valence-electron chi connectivity index (χ3n) is 4.28. The van der Waals surface area contributed by atoms with Gasteiger partial charge in [0, 0.05) is 17.7 Å². The van der Waals surface area contributed by atoms with Gasteiger partial charge in [0.2, 0.25) is 0 Å². The van der Waals surface area contributed by atoms with E-state index in [9.17, 15) is 9.90 Å². The normalized spacial score (nSPS) is 11.7. The molecule has 2 N–H and O–H groups in total. The van der Waals surface area contributed by atoms with E-state index < -0.39 is 6.10 Å². The second kappa shape index (κ2) is 8.86. The van der Waals surface area contributed by atoms with Crippen LogP contribution in [-0.2, 0) is 0 Å². The molecule has 0 fully saturated rings. The lowest BCUT2D eigenvalue weighted by Crippen LogP contribution is -2.28. The van der Waals surface area contributed by atoms with Gasteiger partial charge in [0.05, 0.1) is 19.9 Å². The standard InChI is InChI=1S/C21H22N2O4S/c1-13-19(28-21(23-13)14-7-5-4-6-8-14)20(25)22-12-17(24)16-11-15(26-2)9-10-18(16)27-3/h4-11,17,24H,12H2,1-3H3,(H,22,25). The Morgan fingerprint density at radius 3 is 2.61 bits per heavy atom. The first kappa shape index (κ1) is 19.9. The minimum atomic E-state index is -0.934. The van der Waals surface area contributed by atoms with Crippen LogP contribution in [0.2, 0.25) is 0 Å². The average molecular weight is 398 g/mol. The molecule has 0 bridgehead atoms. The van der Waals surface area contributed by atoms with Gasteiger partial charge in [-0.15, -0.1) is 11.3 Å². The molecule has 0 aliphatic rings. The van der Waals surface area contributed by atoms with Crippen LogP contribution in [0.5, 0.6) is 11.5 Å². The Morgan fingerprint density at radius 2 is 1.93 bits per heavy atom. The van der Waals surface area contributed by atoms with Crippen LogP contribution in [0.25, 0.3) is 10.6 Å². The van der Waals surface area contributed by atoms with E-state index >= 15 is 0 Å². The third kappa shape index (κ3) is 4.32. The minimum Gasteiger partial charge on any atom is -0.497 e. The van der Waals surface area contributed by atoms with E-state index in [4.69, 9.17) is 9.47 Å². The van der Waals surface area contributed by atoms with E-state index in [1.54, 1.807) is 32.2 Å². The zero-order valence-corrected chi connectivity index (χ0v) is 16.7. The van der Waals surface area contributed by atoms with Gasteiger partial charge in [-0.25, -0.2) is 4.98 Å². The van der Waals surface area contributed by atoms with Crippen molar-refractivity contribution >= 4 is 17.2 Å². The molecule has 1 aromatic heterocycles. The number of nitrogens with zero attached hydrogens (tertiary/aromatic N) is 1. The van der Waals surface area contributed by atoms with E-state index in [0.717, 1.165) is 10.6 Å². The van der Waals surface area contributed by atoms with Crippen molar-refractivity contribution in [3.05, 3.63) is 64.7 Å². The average Bonchev–Trinajstić information content (AvgIpc) is 3.13. The first-order valence-corrected chi connectivity index (χ1v) is 9.56. The summed E-state index contributed by atoms with van der Waals surface area (Å²) in [6.45, 7) is 1.85. The van der Waals surface area contributed by atoms with E-state index in [0.29, 0.717) is 27.6 Å². The molecule has 6 nitrogen and oxygen atoms in total. The van der Waals surface area contributed by atoms with Gasteiger partial charge in [-0.1, -0.05) is 30.3 Å². The van der Waals surface area contributed by atoms with Gasteiger partial charge in [0.15, 0.2) is 0 Å². The lowest BCUT2D eigenvalue weighted by molar-refractivity contribution is 0.0917. The topological polar surface area (TPSA) is 80.7 Å². The highest BCUT2D eigenvalue weighted by Gasteiger charge is 2.19. The highest BCUT2D eigenvalue weighted by atomic mass is 32.1. The van der Waals surface area contributed by atoms with Crippen molar-refractivity contribution in [2.75, 3.05) is 20.8 Å². The number of ether oxygens (including phenoxy) is 2. The summed E-state index contributed by atoms with van der Waals surface area (Å²) in [6, 6.07) is 14.9. The van der Waals surface area contributed by atoms with Crippen LogP contribution in [0.15, 0.2) is 48.5 Å². The van der Waals surface area contributed by atoms with E-state index in [-0.39, 0.29) is 12.5 Å². The predicted molar refractivity (Wildman–Crippen MR) is 109 cm³/mol. The molecule has 0 saturated heterocycles. The fourth-order valence-corrected chi connectivity index (χ4v) is 3.78. The Labute approximate surface area is 167 Å². The number of nitrogens with one attached hydrogen (secondary N) is 1. The number of rotatable bonds is 7. The Bertz CT molecular complexity index is 956. The Balaban J connectivity index is 1.72. The van der Waals surface area contributed by atoms with Gasteiger partial charge in [-0.2, -0.15) is 0 Å². The van der Waals surface area contributed by atoms with Crippen LogP contribution in [0, 0.1) is 6.92 Å². The van der Waals surface area contributed by atoms with Crippen molar-refractivity contribution < 1.29 is 19.4 Å². The van der Waals surface area contributed by atoms with Crippen LogP contribution in [-0.4, -0.2) is 36.8 Å². The summed E-state index contributed by atoms with van der Waals surface area (Å²) >= 11 is 1.33. The number of hydrogen-bond donors (Lipinski definition) is 2. The maximum absolute atomic E-state index is 12.6. The van der Waals surface area contributed by atoms with Crippen LogP contribution < -0.4 is 14.8 Å². The molecule has 3 aromatic rings. The summed E-state index contributed by atoms with van der Waals surface area (Å²) in [5, 5.41) is 14.1. The molecule has 0 spiro atoms. The van der Waals surface area contributed by atoms with E-state index in [1.807, 2.05) is 30.3 Å². The van der Waals surface area contributed by atoms with Gasteiger partial charge in [0.1, 0.15) is 27.5 Å². The fourth-order valence-electron chi connectivity index (χ4n) is 2.79. The maximum atomic E-state index is 12.6. The molecule has 3 rings (SSSR count). The maximum Gasteiger partial charge on any atom is 0.263 e. The van der Waals surface area contributed by atoms with Gasteiger partial charge in [-0.3, -0.25) is 4.79 Å². The summed E-state index contributed by atoms with van der Waals surface area (Å²) in [4.78, 5) is 17.6. The number of amides is 1. The number of aliphatic hydroxyl groups excluding tert-OH is 1. The number of aromatic nitrogens is 1. The molecule has 1 atom stereocenters. The summed E-state index contributed by atoms with van der Waals surface area (Å²) in [5.41, 5.74) is 2.18. The molecular formula is C21H22N2O4S. The molecule has 2 aromatic carbocycles. The monoisotopic (exact) mass is 398 g/mol. The molecule has 28 heavy (non-hydrogen) atoms. The molecule has 0 aliphatic heterocycles. The first-order valence-electron chi connectivity index (χ1n) is 8.74. The lowest BCUT2D eigenvalue weighted by Gasteiger charge is -2.16. The largest absolute Gasteiger partial charge is 0.497 e. The second-order valence-electron chi connectivity index (χ2n) is 6.13. The van der Waals surface area contributed by atoms with Crippen molar-refractivity contribution in [3.8, 4) is 22.1 Å². The molecule has 0 aliphatic carbocycles. The number of methoxy groups -OCH3 is 2. The zero-order valence-electron chi connectivity index (χ0n) is 15.9. The number of thiazole rings is 1. The van der Waals surface area contributed by atoms with E-state index in [1.165, 1.54) is 18.4 Å². The van der Waals surface area contributed by atoms with Crippen molar-refractivity contribution in [1.82, 2.24) is 10.3 Å². The van der Waals surface area contributed by atoms with Crippen LogP contribution in [0.4, 0.5) is 0 Å². The van der Waals surface area contributed by atoms with Gasteiger partial charge >= 0.3 is 0 Å². The van der Waals surface area contributed by atoms with E-state index in [2.05, 4.69) is 10.3 Å². The second-order valence-corrected chi connectivity index (χ2v) is 7.13. The quantitative estimate of drug-likeness (QED) is 0.636. The summed E-state index contributed by atoms with van der Waals surface area (Å²) < 4.78 is 10.5. The summed E-state index contributed by atoms with van der Waals surface area (Å²) in [7, 11) is 3.08. The molecule has 7 heteroatoms. The Hall–Kier alpha value is -2.90.